The summed E-state index contributed by atoms with van der Waals surface area (Å²) in [7, 11) is 0. The van der Waals surface area contributed by atoms with E-state index in [4.69, 9.17) is 9.97 Å². The van der Waals surface area contributed by atoms with Gasteiger partial charge in [0.2, 0.25) is 0 Å². The number of para-hydroxylation sites is 3. The molecule has 1 aliphatic rings. The van der Waals surface area contributed by atoms with Gasteiger partial charge in [0.15, 0.2) is 0 Å². The number of hydrogen-bond acceptors (Lipinski definition) is 4. The van der Waals surface area contributed by atoms with E-state index in [0.717, 1.165) is 83.9 Å². The van der Waals surface area contributed by atoms with E-state index < -0.39 is 0 Å². The predicted octanol–water partition coefficient (Wildman–Crippen LogP) is 11.6. The quantitative estimate of drug-likeness (QED) is 0.118. The molecule has 6 aromatic carbocycles. The molecule has 0 radical (unpaired) electrons. The van der Waals surface area contributed by atoms with Crippen molar-refractivity contribution in [1.82, 2.24) is 14.5 Å². The Labute approximate surface area is 334 Å². The molecular formula is C49H32N5Pt-3. The molecule has 9 aromatic rings. The summed E-state index contributed by atoms with van der Waals surface area (Å²) in [6, 6.07) is 68.9. The summed E-state index contributed by atoms with van der Waals surface area (Å²) in [4.78, 5) is 14.1. The molecule has 5 nitrogen and oxygen atoms in total. The molecule has 0 aliphatic carbocycles. The third-order valence-electron chi connectivity index (χ3n) is 9.93. The number of anilines is 4. The maximum atomic E-state index is 4.82. The zero-order chi connectivity index (χ0) is 35.8. The molecule has 0 saturated carbocycles. The summed E-state index contributed by atoms with van der Waals surface area (Å²) in [5.41, 5.74) is 13.3. The molecule has 0 fully saturated rings. The summed E-state index contributed by atoms with van der Waals surface area (Å²) in [5.74, 6) is 0.815. The third-order valence-corrected chi connectivity index (χ3v) is 9.93. The maximum absolute atomic E-state index is 4.82. The van der Waals surface area contributed by atoms with E-state index in [1.54, 1.807) is 0 Å². The predicted molar refractivity (Wildman–Crippen MR) is 220 cm³/mol. The van der Waals surface area contributed by atoms with Gasteiger partial charge in [0.05, 0.1) is 11.0 Å². The summed E-state index contributed by atoms with van der Waals surface area (Å²) < 4.78 is 2.16. The van der Waals surface area contributed by atoms with Crippen LogP contribution < -0.4 is 9.80 Å². The van der Waals surface area contributed by atoms with Crippen molar-refractivity contribution in [3.63, 3.8) is 0 Å². The molecule has 0 atom stereocenters. The second-order valence-electron chi connectivity index (χ2n) is 13.1. The van der Waals surface area contributed by atoms with E-state index in [-0.39, 0.29) is 21.1 Å². The Bertz CT molecular complexity index is 2760. The van der Waals surface area contributed by atoms with Crippen LogP contribution in [0, 0.1) is 18.8 Å². The first-order chi connectivity index (χ1) is 26.8. The van der Waals surface area contributed by atoms with Crippen LogP contribution in [0.1, 0.15) is 22.3 Å². The van der Waals surface area contributed by atoms with Crippen molar-refractivity contribution in [3.05, 3.63) is 229 Å². The van der Waals surface area contributed by atoms with Crippen molar-refractivity contribution in [2.45, 2.75) is 0 Å². The topological polar surface area (TPSA) is 37.2 Å². The Kier molecular flexibility index (Phi) is 9.15. The SMILES string of the molecule is [Pt].[c-]1c(C(=C(c2ccccc2)c2ccccc2)c2[c-]c3c(cc2)c2ncccc2n3-c2ccccn2)cccc1N1[CH-]N(c2ccccc2)c2ccccc21. The first-order valence-electron chi connectivity index (χ1n) is 18.0. The van der Waals surface area contributed by atoms with Crippen LogP contribution in [0.15, 0.2) is 188 Å². The number of benzene rings is 6. The van der Waals surface area contributed by atoms with E-state index in [0.29, 0.717) is 0 Å². The fourth-order valence-electron chi connectivity index (χ4n) is 7.54. The molecule has 0 N–H and O–H groups in total. The van der Waals surface area contributed by atoms with Crippen molar-refractivity contribution < 1.29 is 21.1 Å². The number of hydrogen-bond donors (Lipinski definition) is 0. The van der Waals surface area contributed by atoms with Crippen molar-refractivity contribution in [3.8, 4) is 5.82 Å². The van der Waals surface area contributed by atoms with Gasteiger partial charge in [0, 0.05) is 50.5 Å². The summed E-state index contributed by atoms with van der Waals surface area (Å²) in [5, 5.41) is 1.02. The molecule has 10 rings (SSSR count). The molecule has 266 valence electrons. The molecule has 6 heteroatoms. The number of rotatable bonds is 7. The first-order valence-corrected chi connectivity index (χ1v) is 18.0. The van der Waals surface area contributed by atoms with Gasteiger partial charge in [-0.1, -0.05) is 108 Å². The summed E-state index contributed by atoms with van der Waals surface area (Å²) >= 11 is 0. The second kappa shape index (κ2) is 14.7. The van der Waals surface area contributed by atoms with Crippen LogP contribution in [-0.2, 0) is 21.1 Å². The fourth-order valence-corrected chi connectivity index (χ4v) is 7.54. The Hall–Kier alpha value is -6.55. The number of aromatic nitrogens is 3. The Morgan fingerprint density at radius 3 is 1.84 bits per heavy atom. The Balaban J connectivity index is 0.00000397. The van der Waals surface area contributed by atoms with Gasteiger partial charge in [0.25, 0.3) is 0 Å². The minimum absolute atomic E-state index is 0. The molecule has 0 unspecified atom stereocenters. The monoisotopic (exact) mass is 885 g/mol. The Morgan fingerprint density at radius 1 is 0.491 bits per heavy atom. The minimum Gasteiger partial charge on any atom is -0.488 e. The minimum atomic E-state index is 0. The van der Waals surface area contributed by atoms with Gasteiger partial charge in [-0.15, -0.1) is 65.8 Å². The normalized spacial score (nSPS) is 12.1. The first kappa shape index (κ1) is 34.2. The molecule has 0 saturated heterocycles. The van der Waals surface area contributed by atoms with Gasteiger partial charge < -0.3 is 14.4 Å². The van der Waals surface area contributed by atoms with E-state index >= 15 is 0 Å². The maximum Gasteiger partial charge on any atom is 0.136 e. The van der Waals surface area contributed by atoms with Crippen LogP contribution in [0.2, 0.25) is 0 Å². The van der Waals surface area contributed by atoms with Gasteiger partial charge in [-0.3, -0.25) is 4.98 Å². The molecule has 55 heavy (non-hydrogen) atoms. The van der Waals surface area contributed by atoms with Crippen molar-refractivity contribution >= 4 is 55.8 Å². The number of nitrogens with zero attached hydrogens (tertiary/aromatic N) is 5. The van der Waals surface area contributed by atoms with E-state index in [1.165, 1.54) is 0 Å². The molecule has 1 aliphatic heterocycles. The number of fused-ring (bicyclic) bond motifs is 4. The number of pyridine rings is 2. The van der Waals surface area contributed by atoms with Crippen molar-refractivity contribution in [1.29, 1.82) is 0 Å². The average Bonchev–Trinajstić information content (AvgIpc) is 3.80. The van der Waals surface area contributed by atoms with Gasteiger partial charge in [-0.2, -0.15) is 0 Å². The van der Waals surface area contributed by atoms with Crippen LogP contribution in [0.5, 0.6) is 0 Å². The van der Waals surface area contributed by atoms with E-state index in [1.807, 2.05) is 42.7 Å². The van der Waals surface area contributed by atoms with Crippen LogP contribution in [0.4, 0.5) is 22.7 Å². The van der Waals surface area contributed by atoms with Gasteiger partial charge >= 0.3 is 0 Å². The van der Waals surface area contributed by atoms with E-state index in [9.17, 15) is 0 Å². The molecule has 0 spiro atoms. The van der Waals surface area contributed by atoms with Gasteiger partial charge in [-0.25, -0.2) is 4.98 Å². The fraction of sp³-hybridized carbons (Fsp3) is 0. The van der Waals surface area contributed by atoms with Crippen LogP contribution >= 0.6 is 0 Å². The zero-order valence-electron chi connectivity index (χ0n) is 29.5. The molecule has 3 aromatic heterocycles. The third kappa shape index (κ3) is 6.13. The van der Waals surface area contributed by atoms with Gasteiger partial charge in [-0.05, 0) is 70.7 Å². The summed E-state index contributed by atoms with van der Waals surface area (Å²) in [6.07, 6.45) is 3.67. The van der Waals surface area contributed by atoms with Crippen LogP contribution in [0.3, 0.4) is 0 Å². The van der Waals surface area contributed by atoms with Crippen LogP contribution in [0.25, 0.3) is 38.9 Å². The second-order valence-corrected chi connectivity index (χ2v) is 13.1. The molecule has 4 heterocycles. The molecule has 0 amide bonds. The average molecular weight is 886 g/mol. The smallest absolute Gasteiger partial charge is 0.136 e. The standard InChI is InChI=1S/C49H32N5.Pt/c1-4-16-35(17-5-1)47(36-18-6-2-7-19-36)48(38-28-29-41-45(33-38)54(46-27-12-13-30-50-46)44-26-15-31-51-49(41)44)37-20-14-23-40(32-37)53-34-52(39-21-8-3-9-22-39)42-24-10-11-25-43(42)53;/h1-31,34H;/q-3;. The Morgan fingerprint density at radius 2 is 1.13 bits per heavy atom. The summed E-state index contributed by atoms with van der Waals surface area (Å²) in [6.45, 7) is 2.16. The molecular weight excluding hydrogens is 854 g/mol. The van der Waals surface area contributed by atoms with Crippen molar-refractivity contribution in [2.24, 2.45) is 0 Å². The van der Waals surface area contributed by atoms with Crippen molar-refractivity contribution in [2.75, 3.05) is 9.80 Å². The zero-order valence-corrected chi connectivity index (χ0v) is 31.8. The largest absolute Gasteiger partial charge is 0.488 e. The van der Waals surface area contributed by atoms with Gasteiger partial charge in [0.1, 0.15) is 5.82 Å². The van der Waals surface area contributed by atoms with Crippen LogP contribution in [-0.4, -0.2) is 14.5 Å². The molecule has 0 bridgehead atoms. The van der Waals surface area contributed by atoms with E-state index in [2.05, 4.69) is 179 Å².